The molecule has 1 aromatic carbocycles. The Bertz CT molecular complexity index is 1140. The minimum Gasteiger partial charge on any atom is -0.389 e. The zero-order valence-corrected chi connectivity index (χ0v) is 20.2. The van der Waals surface area contributed by atoms with E-state index in [0.29, 0.717) is 23.0 Å². The van der Waals surface area contributed by atoms with Crippen molar-refractivity contribution in [2.45, 2.75) is 52.6 Å². The standard InChI is InChI=1S/C24H30N8O3/c1-4-5-6-8-12-18(2)28-35-24(33)26-21-16-11-15-20(25-21)17-34-29-22(19-13-9-7-10-14-19)23-27-30-31-32(23)3/h7,9-11,13-16H,4-6,8,12,17H2,1-3H3,(H,25,26,33)/b28-18-,29-22-. The van der Waals surface area contributed by atoms with E-state index in [1.165, 1.54) is 17.5 Å². The summed E-state index contributed by atoms with van der Waals surface area (Å²) in [7, 11) is 1.72. The van der Waals surface area contributed by atoms with E-state index in [1.807, 2.05) is 37.3 Å². The number of nitrogens with zero attached hydrogens (tertiary/aromatic N) is 7. The lowest BCUT2D eigenvalue weighted by atomic mass is 10.1. The van der Waals surface area contributed by atoms with Crippen LogP contribution in [0, 0.1) is 0 Å². The third-order valence-electron chi connectivity index (χ3n) is 4.96. The van der Waals surface area contributed by atoms with Crippen LogP contribution in [0.4, 0.5) is 10.6 Å². The topological polar surface area (TPSA) is 129 Å². The summed E-state index contributed by atoms with van der Waals surface area (Å²) >= 11 is 0. The van der Waals surface area contributed by atoms with E-state index in [1.54, 1.807) is 25.2 Å². The van der Waals surface area contributed by atoms with Crippen LogP contribution in [0.1, 0.15) is 63.0 Å². The van der Waals surface area contributed by atoms with Crippen molar-refractivity contribution in [2.24, 2.45) is 17.4 Å². The van der Waals surface area contributed by atoms with Crippen LogP contribution < -0.4 is 5.32 Å². The summed E-state index contributed by atoms with van der Waals surface area (Å²) < 4.78 is 1.51. The molecule has 35 heavy (non-hydrogen) atoms. The first-order chi connectivity index (χ1) is 17.1. The molecule has 0 unspecified atom stereocenters. The SMILES string of the molecule is CCCCCC/C(C)=N\OC(=O)Nc1cccc(CO/N=C(/c2ccccc2)c2nnnn2C)n1. The van der Waals surface area contributed by atoms with Crippen LogP contribution in [0.5, 0.6) is 0 Å². The second kappa shape index (κ2) is 13.5. The molecule has 184 valence electrons. The number of tetrazole rings is 1. The Kier molecular flexibility index (Phi) is 9.85. The van der Waals surface area contributed by atoms with E-state index >= 15 is 0 Å². The van der Waals surface area contributed by atoms with E-state index in [-0.39, 0.29) is 6.61 Å². The summed E-state index contributed by atoms with van der Waals surface area (Å²) in [6.07, 6.45) is 4.62. The molecule has 0 aliphatic carbocycles. The molecule has 1 N–H and O–H groups in total. The van der Waals surface area contributed by atoms with Crippen molar-refractivity contribution in [1.29, 1.82) is 0 Å². The maximum Gasteiger partial charge on any atom is 0.439 e. The lowest BCUT2D eigenvalue weighted by Gasteiger charge is -2.07. The van der Waals surface area contributed by atoms with Gasteiger partial charge < -0.3 is 4.84 Å². The van der Waals surface area contributed by atoms with Gasteiger partial charge in [0.2, 0.25) is 5.82 Å². The second-order valence-corrected chi connectivity index (χ2v) is 7.86. The van der Waals surface area contributed by atoms with Crippen LogP contribution in [0.3, 0.4) is 0 Å². The summed E-state index contributed by atoms with van der Waals surface area (Å²) in [5.74, 6) is 0.778. The van der Waals surface area contributed by atoms with Crippen LogP contribution in [-0.2, 0) is 23.3 Å². The highest BCUT2D eigenvalue weighted by atomic mass is 16.7. The van der Waals surface area contributed by atoms with Gasteiger partial charge in [0.05, 0.1) is 11.4 Å². The highest BCUT2D eigenvalue weighted by Crippen LogP contribution is 2.11. The second-order valence-electron chi connectivity index (χ2n) is 7.86. The number of anilines is 1. The molecule has 0 fully saturated rings. The fourth-order valence-corrected chi connectivity index (χ4v) is 3.14. The smallest absolute Gasteiger partial charge is 0.389 e. The predicted molar refractivity (Wildman–Crippen MR) is 132 cm³/mol. The van der Waals surface area contributed by atoms with Crippen LogP contribution in [0.2, 0.25) is 0 Å². The van der Waals surface area contributed by atoms with Gasteiger partial charge in [0.25, 0.3) is 0 Å². The van der Waals surface area contributed by atoms with E-state index in [4.69, 9.17) is 9.68 Å². The lowest BCUT2D eigenvalue weighted by molar-refractivity contribution is 0.128. The minimum absolute atomic E-state index is 0.0706. The molecular weight excluding hydrogens is 448 g/mol. The molecule has 0 bridgehead atoms. The van der Waals surface area contributed by atoms with Crippen molar-refractivity contribution in [3.63, 3.8) is 0 Å². The van der Waals surface area contributed by atoms with Gasteiger partial charge in [0.15, 0.2) is 12.3 Å². The Labute approximate surface area is 204 Å². The number of aromatic nitrogens is 5. The zero-order valence-electron chi connectivity index (χ0n) is 20.2. The molecule has 11 nitrogen and oxygen atoms in total. The van der Waals surface area contributed by atoms with Gasteiger partial charge in [0, 0.05) is 12.6 Å². The monoisotopic (exact) mass is 478 g/mol. The Morgan fingerprint density at radius 1 is 1.06 bits per heavy atom. The molecule has 0 aliphatic rings. The zero-order chi connectivity index (χ0) is 24.9. The number of hydrogen-bond acceptors (Lipinski definition) is 9. The first kappa shape index (κ1) is 25.5. The number of pyridine rings is 1. The number of benzene rings is 1. The van der Waals surface area contributed by atoms with Crippen molar-refractivity contribution in [3.8, 4) is 0 Å². The number of aryl methyl sites for hydroxylation is 1. The van der Waals surface area contributed by atoms with Crippen LogP contribution in [0.15, 0.2) is 58.8 Å². The predicted octanol–water partition coefficient (Wildman–Crippen LogP) is 4.47. The fourth-order valence-electron chi connectivity index (χ4n) is 3.14. The Hall–Kier alpha value is -4.15. The number of rotatable bonds is 12. The molecule has 0 saturated heterocycles. The van der Waals surface area contributed by atoms with Crippen molar-refractivity contribution in [2.75, 3.05) is 5.32 Å². The van der Waals surface area contributed by atoms with Crippen molar-refractivity contribution in [3.05, 3.63) is 65.6 Å². The summed E-state index contributed by atoms with van der Waals surface area (Å²) in [5, 5.41) is 22.3. The van der Waals surface area contributed by atoms with Gasteiger partial charge in [-0.05, 0) is 42.3 Å². The van der Waals surface area contributed by atoms with Crippen molar-refractivity contribution < 1.29 is 14.5 Å². The van der Waals surface area contributed by atoms with Gasteiger partial charge in [-0.15, -0.1) is 5.10 Å². The van der Waals surface area contributed by atoms with Crippen LogP contribution in [-0.4, -0.2) is 42.7 Å². The Balaban J connectivity index is 1.57. The van der Waals surface area contributed by atoms with E-state index in [2.05, 4.69) is 43.1 Å². The molecule has 11 heteroatoms. The summed E-state index contributed by atoms with van der Waals surface area (Å²) in [5.41, 5.74) is 2.62. The average Bonchev–Trinajstić information content (AvgIpc) is 3.29. The van der Waals surface area contributed by atoms with Crippen LogP contribution in [0.25, 0.3) is 0 Å². The number of unbranched alkanes of at least 4 members (excludes halogenated alkanes) is 3. The number of carbonyl (C=O) groups is 1. The summed E-state index contributed by atoms with van der Waals surface area (Å²) in [6.45, 7) is 4.08. The molecule has 2 aromatic heterocycles. The molecule has 2 heterocycles. The molecule has 3 rings (SSSR count). The number of nitrogens with one attached hydrogen (secondary N) is 1. The van der Waals surface area contributed by atoms with Gasteiger partial charge >= 0.3 is 6.09 Å². The van der Waals surface area contributed by atoms with Crippen LogP contribution >= 0.6 is 0 Å². The largest absolute Gasteiger partial charge is 0.439 e. The fraction of sp³-hybridized carbons (Fsp3) is 0.375. The molecule has 0 radical (unpaired) electrons. The maximum atomic E-state index is 12.1. The number of hydrogen-bond donors (Lipinski definition) is 1. The third kappa shape index (κ3) is 8.29. The normalized spacial score (nSPS) is 11.9. The third-order valence-corrected chi connectivity index (χ3v) is 4.96. The van der Waals surface area contributed by atoms with Gasteiger partial charge in [-0.25, -0.2) is 14.5 Å². The lowest BCUT2D eigenvalue weighted by Crippen LogP contribution is -2.13. The molecule has 0 atom stereocenters. The van der Waals surface area contributed by atoms with E-state index in [0.717, 1.165) is 30.5 Å². The molecular formula is C24H30N8O3. The first-order valence-corrected chi connectivity index (χ1v) is 11.5. The van der Waals surface area contributed by atoms with Gasteiger partial charge in [-0.1, -0.05) is 72.9 Å². The number of amides is 1. The molecule has 0 aliphatic heterocycles. The highest BCUT2D eigenvalue weighted by molar-refractivity contribution is 6.10. The number of carbonyl (C=O) groups excluding carboxylic acids is 1. The van der Waals surface area contributed by atoms with E-state index < -0.39 is 6.09 Å². The molecule has 3 aromatic rings. The Morgan fingerprint density at radius 2 is 1.89 bits per heavy atom. The van der Waals surface area contributed by atoms with Gasteiger partial charge in [0.1, 0.15) is 5.82 Å². The van der Waals surface area contributed by atoms with E-state index in [9.17, 15) is 4.79 Å². The van der Waals surface area contributed by atoms with Gasteiger partial charge in [-0.2, -0.15) is 0 Å². The quantitative estimate of drug-likeness (QED) is 0.176. The molecule has 0 saturated carbocycles. The minimum atomic E-state index is -0.706. The molecule has 1 amide bonds. The summed E-state index contributed by atoms with van der Waals surface area (Å²) in [4.78, 5) is 26.9. The average molecular weight is 479 g/mol. The number of oxime groups is 2. The highest BCUT2D eigenvalue weighted by Gasteiger charge is 2.15. The summed E-state index contributed by atoms with van der Waals surface area (Å²) in [6, 6.07) is 14.6. The van der Waals surface area contributed by atoms with Crippen molar-refractivity contribution >= 4 is 23.3 Å². The van der Waals surface area contributed by atoms with Gasteiger partial charge in [-0.3, -0.25) is 10.2 Å². The first-order valence-electron chi connectivity index (χ1n) is 11.5. The van der Waals surface area contributed by atoms with Crippen molar-refractivity contribution in [1.82, 2.24) is 25.2 Å². The molecule has 0 spiro atoms. The Morgan fingerprint density at radius 3 is 2.63 bits per heavy atom. The maximum absolute atomic E-state index is 12.1.